The van der Waals surface area contributed by atoms with Crippen molar-refractivity contribution in [3.63, 3.8) is 0 Å². The molecule has 0 spiro atoms. The third-order valence-corrected chi connectivity index (χ3v) is 3.11. The van der Waals surface area contributed by atoms with E-state index in [4.69, 9.17) is 0 Å². The van der Waals surface area contributed by atoms with Gasteiger partial charge in [0.05, 0.1) is 0 Å². The first-order valence-corrected chi connectivity index (χ1v) is 5.15. The Morgan fingerprint density at radius 1 is 0.857 bits per heavy atom. The van der Waals surface area contributed by atoms with Crippen LogP contribution in [0.5, 0.6) is 0 Å². The lowest BCUT2D eigenvalue weighted by molar-refractivity contribution is 1.25. The van der Waals surface area contributed by atoms with E-state index >= 15 is 0 Å². The molecule has 0 atom stereocenters. The summed E-state index contributed by atoms with van der Waals surface area (Å²) in [4.78, 5) is 0. The molecule has 1 aromatic rings. The fourth-order valence-corrected chi connectivity index (χ4v) is 1.54. The van der Waals surface area contributed by atoms with Crippen LogP contribution in [0.3, 0.4) is 0 Å². The zero-order valence-corrected chi connectivity index (χ0v) is 10.2. The first kappa shape index (κ1) is 11.0. The number of hydrogen-bond acceptors (Lipinski definition) is 0. The summed E-state index contributed by atoms with van der Waals surface area (Å²) in [7, 11) is 0. The molecule has 0 nitrogen and oxygen atoms in total. The Balaban J connectivity index is 3.34. The summed E-state index contributed by atoms with van der Waals surface area (Å²) in [6, 6.07) is 4.56. The van der Waals surface area contributed by atoms with Crippen LogP contribution in [0.4, 0.5) is 0 Å². The smallest absolute Gasteiger partial charge is 0.0223 e. The molecule has 0 saturated carbocycles. The Morgan fingerprint density at radius 3 is 1.64 bits per heavy atom. The Hall–Kier alpha value is -1.04. The van der Waals surface area contributed by atoms with Crippen LogP contribution in [0.15, 0.2) is 17.7 Å². The van der Waals surface area contributed by atoms with E-state index in [0.29, 0.717) is 0 Å². The molecule has 76 valence electrons. The minimum atomic E-state index is 1.37. The Labute approximate surface area is 87.7 Å². The second-order valence-electron chi connectivity index (χ2n) is 4.36. The molecular formula is C14H20. The molecule has 0 amide bonds. The van der Waals surface area contributed by atoms with Gasteiger partial charge in [0.25, 0.3) is 0 Å². The maximum Gasteiger partial charge on any atom is -0.0223 e. The predicted octanol–water partition coefficient (Wildman–Crippen LogP) is 4.43. The highest BCUT2D eigenvalue weighted by Gasteiger charge is 2.03. The first-order chi connectivity index (χ1) is 6.43. The summed E-state index contributed by atoms with van der Waals surface area (Å²) in [5.74, 6) is 0. The molecule has 1 rings (SSSR count). The highest BCUT2D eigenvalue weighted by Crippen LogP contribution is 2.23. The van der Waals surface area contributed by atoms with E-state index in [-0.39, 0.29) is 0 Å². The van der Waals surface area contributed by atoms with E-state index < -0.39 is 0 Å². The molecule has 0 unspecified atom stereocenters. The van der Waals surface area contributed by atoms with E-state index in [1.54, 1.807) is 0 Å². The van der Waals surface area contributed by atoms with Crippen molar-refractivity contribution in [3.05, 3.63) is 40.0 Å². The van der Waals surface area contributed by atoms with Crippen LogP contribution in [0, 0.1) is 20.8 Å². The van der Waals surface area contributed by atoms with Crippen molar-refractivity contribution in [2.75, 3.05) is 0 Å². The largest absolute Gasteiger partial charge is 0.0729 e. The lowest BCUT2D eigenvalue weighted by Crippen LogP contribution is -1.91. The van der Waals surface area contributed by atoms with Crippen LogP contribution in [0.1, 0.15) is 43.0 Å². The molecule has 0 saturated heterocycles. The van der Waals surface area contributed by atoms with Gasteiger partial charge >= 0.3 is 0 Å². The van der Waals surface area contributed by atoms with Crippen molar-refractivity contribution < 1.29 is 0 Å². The number of rotatable bonds is 1. The molecule has 0 radical (unpaired) electrons. The zero-order chi connectivity index (χ0) is 10.9. The maximum absolute atomic E-state index is 2.28. The Kier molecular flexibility index (Phi) is 3.15. The van der Waals surface area contributed by atoms with Gasteiger partial charge in [-0.2, -0.15) is 0 Å². The van der Waals surface area contributed by atoms with Crippen LogP contribution < -0.4 is 0 Å². The molecule has 1 aromatic carbocycles. The van der Waals surface area contributed by atoms with Gasteiger partial charge in [-0.3, -0.25) is 0 Å². The van der Waals surface area contributed by atoms with E-state index in [0.717, 1.165) is 0 Å². The van der Waals surface area contributed by atoms with Crippen LogP contribution in [-0.2, 0) is 0 Å². The van der Waals surface area contributed by atoms with Crippen molar-refractivity contribution >= 4 is 5.57 Å². The quantitative estimate of drug-likeness (QED) is 0.611. The average Bonchev–Trinajstić information content (AvgIpc) is 2.12. The standard InChI is InChI=1S/C14H20/c1-9(2)12(5)14-7-10(3)13(6)11(4)8-14/h7-8H,1-6H3. The summed E-state index contributed by atoms with van der Waals surface area (Å²) in [6.45, 7) is 13.1. The molecule has 0 aliphatic carbocycles. The van der Waals surface area contributed by atoms with Crippen LogP contribution >= 0.6 is 0 Å². The number of benzene rings is 1. The summed E-state index contributed by atoms with van der Waals surface area (Å²) >= 11 is 0. The average molecular weight is 188 g/mol. The van der Waals surface area contributed by atoms with Gasteiger partial charge in [-0.15, -0.1) is 0 Å². The van der Waals surface area contributed by atoms with E-state index in [1.165, 1.54) is 33.4 Å². The maximum atomic E-state index is 2.28. The molecule has 0 N–H and O–H groups in total. The summed E-state index contributed by atoms with van der Waals surface area (Å²) in [5, 5.41) is 0. The number of hydrogen-bond donors (Lipinski definition) is 0. The Morgan fingerprint density at radius 2 is 1.29 bits per heavy atom. The highest BCUT2D eigenvalue weighted by molar-refractivity contribution is 5.67. The summed E-state index contributed by atoms with van der Waals surface area (Å²) in [5.41, 5.74) is 8.35. The van der Waals surface area contributed by atoms with Gasteiger partial charge in [0, 0.05) is 0 Å². The summed E-state index contributed by atoms with van der Waals surface area (Å²) in [6.07, 6.45) is 0. The normalized spacial score (nSPS) is 10.1. The molecule has 0 heterocycles. The van der Waals surface area contributed by atoms with E-state index in [2.05, 4.69) is 53.7 Å². The molecule has 0 heteroatoms. The highest BCUT2D eigenvalue weighted by atomic mass is 14.1. The summed E-state index contributed by atoms with van der Waals surface area (Å²) < 4.78 is 0. The second-order valence-corrected chi connectivity index (χ2v) is 4.36. The Bertz CT molecular complexity index is 354. The van der Waals surface area contributed by atoms with E-state index in [1.807, 2.05) is 0 Å². The third-order valence-electron chi connectivity index (χ3n) is 3.11. The van der Waals surface area contributed by atoms with Gasteiger partial charge in [-0.05, 0) is 69.4 Å². The van der Waals surface area contributed by atoms with Crippen molar-refractivity contribution in [2.45, 2.75) is 41.5 Å². The fraction of sp³-hybridized carbons (Fsp3) is 0.429. The van der Waals surface area contributed by atoms with Gasteiger partial charge in [0.15, 0.2) is 0 Å². The zero-order valence-electron chi connectivity index (χ0n) is 10.2. The van der Waals surface area contributed by atoms with Crippen molar-refractivity contribution in [1.29, 1.82) is 0 Å². The van der Waals surface area contributed by atoms with Gasteiger partial charge in [0.2, 0.25) is 0 Å². The molecule has 0 fully saturated rings. The molecule has 0 aliphatic heterocycles. The van der Waals surface area contributed by atoms with Gasteiger partial charge in [-0.25, -0.2) is 0 Å². The molecule has 14 heavy (non-hydrogen) atoms. The molecular weight excluding hydrogens is 168 g/mol. The fourth-order valence-electron chi connectivity index (χ4n) is 1.54. The molecule has 0 aromatic heterocycles. The van der Waals surface area contributed by atoms with Crippen molar-refractivity contribution in [2.24, 2.45) is 0 Å². The number of allylic oxidation sites excluding steroid dienone is 2. The van der Waals surface area contributed by atoms with Crippen molar-refractivity contribution in [3.8, 4) is 0 Å². The minimum Gasteiger partial charge on any atom is -0.0729 e. The monoisotopic (exact) mass is 188 g/mol. The topological polar surface area (TPSA) is 0 Å². The lowest BCUT2D eigenvalue weighted by Gasteiger charge is -2.10. The SMILES string of the molecule is CC(C)=C(C)c1cc(C)c(C)c(C)c1. The predicted molar refractivity (Wildman–Crippen MR) is 64.6 cm³/mol. The third kappa shape index (κ3) is 2.06. The van der Waals surface area contributed by atoms with Gasteiger partial charge < -0.3 is 0 Å². The lowest BCUT2D eigenvalue weighted by atomic mass is 9.95. The minimum absolute atomic E-state index is 1.37. The van der Waals surface area contributed by atoms with Gasteiger partial charge in [0.1, 0.15) is 0 Å². The van der Waals surface area contributed by atoms with Crippen molar-refractivity contribution in [1.82, 2.24) is 0 Å². The molecule has 0 bridgehead atoms. The second kappa shape index (κ2) is 4.00. The van der Waals surface area contributed by atoms with E-state index in [9.17, 15) is 0 Å². The van der Waals surface area contributed by atoms with Crippen LogP contribution in [0.2, 0.25) is 0 Å². The van der Waals surface area contributed by atoms with Crippen LogP contribution in [-0.4, -0.2) is 0 Å². The first-order valence-electron chi connectivity index (χ1n) is 5.15. The van der Waals surface area contributed by atoms with Gasteiger partial charge in [-0.1, -0.05) is 17.7 Å². The molecule has 0 aliphatic rings. The number of aryl methyl sites for hydroxylation is 2. The van der Waals surface area contributed by atoms with Crippen LogP contribution in [0.25, 0.3) is 5.57 Å².